The van der Waals surface area contributed by atoms with Crippen molar-refractivity contribution in [3.8, 4) is 5.69 Å². The molecule has 1 aromatic heterocycles. The predicted molar refractivity (Wildman–Crippen MR) is 94.1 cm³/mol. The molecule has 0 unspecified atom stereocenters. The minimum Gasteiger partial charge on any atom is -0.366 e. The number of hydrogen-bond acceptors (Lipinski definition) is 3. The Morgan fingerprint density at radius 1 is 1.12 bits per heavy atom. The Bertz CT molecular complexity index is 1000. The molecule has 0 fully saturated rings. The summed E-state index contributed by atoms with van der Waals surface area (Å²) in [4.78, 5) is 23.6. The van der Waals surface area contributed by atoms with Gasteiger partial charge in [0.2, 0.25) is 0 Å². The maximum atomic E-state index is 13.5. The number of hydrogen-bond donors (Lipinski definition) is 2. The van der Waals surface area contributed by atoms with Gasteiger partial charge in [-0.15, -0.1) is 0 Å². The Labute approximate surface area is 154 Å². The molecule has 0 spiro atoms. The quantitative estimate of drug-likeness (QED) is 0.678. The van der Waals surface area contributed by atoms with Crippen molar-refractivity contribution in [3.63, 3.8) is 0 Å². The monoisotopic (exact) mass is 420 g/mol. The van der Waals surface area contributed by atoms with Crippen molar-refractivity contribution >= 4 is 33.4 Å². The number of nitrogens with zero attached hydrogens (tertiary/aromatic N) is 2. The molecule has 6 nitrogen and oxygen atoms in total. The summed E-state index contributed by atoms with van der Waals surface area (Å²) in [5.74, 6) is -2.70. The SMILES string of the molecule is NC(=O)c1cc(NC(=O)c2nn(-c3ccc(F)cc3)cc2Br)ccc1F. The molecule has 3 rings (SSSR count). The Hall–Kier alpha value is -3.07. The van der Waals surface area contributed by atoms with E-state index in [0.29, 0.717) is 10.2 Å². The highest BCUT2D eigenvalue weighted by atomic mass is 79.9. The zero-order chi connectivity index (χ0) is 18.8. The molecular weight excluding hydrogens is 410 g/mol. The normalized spacial score (nSPS) is 10.6. The number of nitrogens with one attached hydrogen (secondary N) is 1. The molecule has 0 bridgehead atoms. The van der Waals surface area contributed by atoms with E-state index in [1.54, 1.807) is 6.20 Å². The first-order chi connectivity index (χ1) is 12.3. The highest BCUT2D eigenvalue weighted by Gasteiger charge is 2.17. The van der Waals surface area contributed by atoms with Crippen LogP contribution in [-0.2, 0) is 0 Å². The lowest BCUT2D eigenvalue weighted by molar-refractivity contribution is 0.0992. The molecule has 26 heavy (non-hydrogen) atoms. The summed E-state index contributed by atoms with van der Waals surface area (Å²) in [7, 11) is 0. The van der Waals surface area contributed by atoms with E-state index in [1.807, 2.05) is 0 Å². The van der Waals surface area contributed by atoms with Crippen LogP contribution in [0.4, 0.5) is 14.5 Å². The Balaban J connectivity index is 1.86. The van der Waals surface area contributed by atoms with Gasteiger partial charge in [-0.1, -0.05) is 0 Å². The first kappa shape index (κ1) is 17.7. The van der Waals surface area contributed by atoms with E-state index in [2.05, 4.69) is 26.3 Å². The Morgan fingerprint density at radius 2 is 1.81 bits per heavy atom. The lowest BCUT2D eigenvalue weighted by atomic mass is 10.1. The van der Waals surface area contributed by atoms with Crippen LogP contribution in [0.1, 0.15) is 20.8 Å². The standard InChI is InChI=1S/C17H11BrF2N4O2/c18-13-8-24(11-4-1-9(19)2-5-11)23-15(13)17(26)22-10-3-6-14(20)12(7-10)16(21)25/h1-8H,(H2,21,25)(H,22,26). The van der Waals surface area contributed by atoms with Crippen LogP contribution in [-0.4, -0.2) is 21.6 Å². The number of carbonyl (C=O) groups is 2. The average molecular weight is 421 g/mol. The van der Waals surface area contributed by atoms with Gasteiger partial charge in [-0.25, -0.2) is 13.5 Å². The van der Waals surface area contributed by atoms with Crippen LogP contribution < -0.4 is 11.1 Å². The van der Waals surface area contributed by atoms with Gasteiger partial charge in [0.15, 0.2) is 5.69 Å². The van der Waals surface area contributed by atoms with Gasteiger partial charge in [-0.2, -0.15) is 5.10 Å². The number of rotatable bonds is 4. The fourth-order valence-corrected chi connectivity index (χ4v) is 2.67. The summed E-state index contributed by atoms with van der Waals surface area (Å²) in [6, 6.07) is 9.03. The van der Waals surface area contributed by atoms with Crippen LogP contribution in [0.5, 0.6) is 0 Å². The van der Waals surface area contributed by atoms with Crippen LogP contribution in [0, 0.1) is 11.6 Å². The second-order valence-corrected chi connectivity index (χ2v) is 6.11. The molecule has 0 saturated carbocycles. The van der Waals surface area contributed by atoms with E-state index in [9.17, 15) is 18.4 Å². The smallest absolute Gasteiger partial charge is 0.277 e. The fourth-order valence-electron chi connectivity index (χ4n) is 2.21. The van der Waals surface area contributed by atoms with Gasteiger partial charge in [0.1, 0.15) is 11.6 Å². The minimum atomic E-state index is -0.944. The number of benzene rings is 2. The molecule has 0 aliphatic rings. The molecule has 0 atom stereocenters. The van der Waals surface area contributed by atoms with Gasteiger partial charge in [0, 0.05) is 11.9 Å². The molecule has 2 aromatic carbocycles. The third-order valence-corrected chi connectivity index (χ3v) is 4.05. The number of anilines is 1. The Morgan fingerprint density at radius 3 is 2.46 bits per heavy atom. The third kappa shape index (κ3) is 3.62. The van der Waals surface area contributed by atoms with Crippen LogP contribution in [0.15, 0.2) is 53.1 Å². The van der Waals surface area contributed by atoms with E-state index >= 15 is 0 Å². The molecule has 9 heteroatoms. The molecule has 0 aliphatic heterocycles. The maximum Gasteiger partial charge on any atom is 0.277 e. The third-order valence-electron chi connectivity index (χ3n) is 3.47. The topological polar surface area (TPSA) is 90.0 Å². The zero-order valence-corrected chi connectivity index (χ0v) is 14.6. The van der Waals surface area contributed by atoms with Crippen molar-refractivity contribution in [2.45, 2.75) is 0 Å². The van der Waals surface area contributed by atoms with Crippen molar-refractivity contribution in [3.05, 3.63) is 76.0 Å². The van der Waals surface area contributed by atoms with Crippen LogP contribution in [0.2, 0.25) is 0 Å². The van der Waals surface area contributed by atoms with E-state index < -0.39 is 17.6 Å². The van der Waals surface area contributed by atoms with E-state index in [0.717, 1.165) is 12.1 Å². The summed E-state index contributed by atoms with van der Waals surface area (Å²) in [5.41, 5.74) is 5.55. The summed E-state index contributed by atoms with van der Waals surface area (Å²) in [5, 5.41) is 6.67. The van der Waals surface area contributed by atoms with E-state index in [1.165, 1.54) is 35.0 Å². The second-order valence-electron chi connectivity index (χ2n) is 5.26. The van der Waals surface area contributed by atoms with Gasteiger partial charge in [0.25, 0.3) is 11.8 Å². The largest absolute Gasteiger partial charge is 0.366 e. The van der Waals surface area contributed by atoms with Crippen molar-refractivity contribution in [1.29, 1.82) is 0 Å². The molecule has 2 amide bonds. The van der Waals surface area contributed by atoms with E-state index in [4.69, 9.17) is 5.73 Å². The lowest BCUT2D eigenvalue weighted by Gasteiger charge is -2.06. The molecule has 0 radical (unpaired) electrons. The van der Waals surface area contributed by atoms with Gasteiger partial charge in [-0.05, 0) is 58.4 Å². The Kier molecular flexibility index (Phi) is 4.81. The van der Waals surface area contributed by atoms with Crippen molar-refractivity contribution in [2.75, 3.05) is 5.32 Å². The summed E-state index contributed by atoms with van der Waals surface area (Å²) in [6.45, 7) is 0. The summed E-state index contributed by atoms with van der Waals surface area (Å²) >= 11 is 3.24. The van der Waals surface area contributed by atoms with Crippen LogP contribution in [0.3, 0.4) is 0 Å². The number of halogens is 3. The number of amides is 2. The molecular formula is C17H11BrF2N4O2. The summed E-state index contributed by atoms with van der Waals surface area (Å²) < 4.78 is 28.3. The lowest BCUT2D eigenvalue weighted by Crippen LogP contribution is -2.16. The molecule has 0 aliphatic carbocycles. The zero-order valence-electron chi connectivity index (χ0n) is 13.0. The minimum absolute atomic E-state index is 0.0549. The first-order valence-electron chi connectivity index (χ1n) is 7.27. The van der Waals surface area contributed by atoms with Gasteiger partial charge in [0.05, 0.1) is 15.7 Å². The fraction of sp³-hybridized carbons (Fsp3) is 0. The average Bonchev–Trinajstić information content (AvgIpc) is 2.99. The van der Waals surface area contributed by atoms with Gasteiger partial charge < -0.3 is 11.1 Å². The molecule has 132 valence electrons. The van der Waals surface area contributed by atoms with Crippen molar-refractivity contribution < 1.29 is 18.4 Å². The van der Waals surface area contributed by atoms with Crippen LogP contribution in [0.25, 0.3) is 5.69 Å². The van der Waals surface area contributed by atoms with Crippen molar-refractivity contribution in [2.24, 2.45) is 5.73 Å². The number of aromatic nitrogens is 2. The molecule has 3 aromatic rings. The first-order valence-corrected chi connectivity index (χ1v) is 8.06. The maximum absolute atomic E-state index is 13.5. The highest BCUT2D eigenvalue weighted by Crippen LogP contribution is 2.21. The number of carbonyl (C=O) groups excluding carboxylic acids is 2. The predicted octanol–water partition coefficient (Wildman–Crippen LogP) is 3.26. The van der Waals surface area contributed by atoms with Gasteiger partial charge >= 0.3 is 0 Å². The highest BCUT2D eigenvalue weighted by molar-refractivity contribution is 9.10. The van der Waals surface area contributed by atoms with Gasteiger partial charge in [-0.3, -0.25) is 9.59 Å². The molecule has 1 heterocycles. The number of primary amides is 1. The van der Waals surface area contributed by atoms with E-state index in [-0.39, 0.29) is 22.8 Å². The van der Waals surface area contributed by atoms with Crippen LogP contribution >= 0.6 is 15.9 Å². The second kappa shape index (κ2) is 7.04. The molecule has 0 saturated heterocycles. The van der Waals surface area contributed by atoms with Crippen molar-refractivity contribution in [1.82, 2.24) is 9.78 Å². The summed E-state index contributed by atoms with van der Waals surface area (Å²) in [6.07, 6.45) is 1.54. The number of nitrogens with two attached hydrogens (primary N) is 1. The molecule has 3 N–H and O–H groups in total.